The number of fused-ring (bicyclic) bond motifs is 1. The molecule has 0 spiro atoms. The second-order valence-corrected chi connectivity index (χ2v) is 6.11. The van der Waals surface area contributed by atoms with Crippen molar-refractivity contribution in [2.75, 3.05) is 11.4 Å². The van der Waals surface area contributed by atoms with Gasteiger partial charge in [0.2, 0.25) is 0 Å². The van der Waals surface area contributed by atoms with Crippen molar-refractivity contribution in [1.29, 1.82) is 0 Å². The summed E-state index contributed by atoms with van der Waals surface area (Å²) in [5.41, 5.74) is 2.81. The van der Waals surface area contributed by atoms with Crippen LogP contribution in [0.2, 0.25) is 0 Å². The Balaban J connectivity index is 1.52. The first-order chi connectivity index (χ1) is 12.6. The first kappa shape index (κ1) is 16.3. The van der Waals surface area contributed by atoms with Crippen LogP contribution in [0.4, 0.5) is 10.1 Å². The van der Waals surface area contributed by atoms with Gasteiger partial charge in [0, 0.05) is 30.2 Å². The van der Waals surface area contributed by atoms with Gasteiger partial charge in [0.15, 0.2) is 0 Å². The number of carbonyl (C=O) groups is 1. The molecule has 0 unspecified atom stereocenters. The molecule has 1 aliphatic rings. The molecule has 26 heavy (non-hydrogen) atoms. The van der Waals surface area contributed by atoms with Crippen molar-refractivity contribution in [3.05, 3.63) is 71.6 Å². The minimum absolute atomic E-state index is 0.151. The highest BCUT2D eigenvalue weighted by atomic mass is 19.1. The molecule has 7 heteroatoms. The number of hydrogen-bond acceptors (Lipinski definition) is 4. The van der Waals surface area contributed by atoms with Gasteiger partial charge in [-0.3, -0.25) is 14.5 Å². The molecule has 0 fully saturated rings. The van der Waals surface area contributed by atoms with E-state index in [-0.39, 0.29) is 18.3 Å². The lowest BCUT2D eigenvalue weighted by atomic mass is 10.2. The summed E-state index contributed by atoms with van der Waals surface area (Å²) in [6.45, 7) is 3.26. The number of pyridine rings is 1. The number of ether oxygens (including phenoxy) is 1. The van der Waals surface area contributed by atoms with Crippen LogP contribution in [-0.2, 0) is 13.2 Å². The summed E-state index contributed by atoms with van der Waals surface area (Å²) in [5, 5.41) is 4.46. The Morgan fingerprint density at radius 1 is 1.19 bits per heavy atom. The zero-order valence-corrected chi connectivity index (χ0v) is 14.2. The van der Waals surface area contributed by atoms with Crippen LogP contribution in [0.15, 0.2) is 48.8 Å². The Bertz CT molecular complexity index is 952. The summed E-state index contributed by atoms with van der Waals surface area (Å²) in [4.78, 5) is 18.4. The number of rotatable bonds is 4. The second kappa shape index (κ2) is 6.59. The highest BCUT2D eigenvalue weighted by Crippen LogP contribution is 2.23. The molecule has 0 bridgehead atoms. The van der Waals surface area contributed by atoms with Crippen molar-refractivity contribution in [3.63, 3.8) is 0 Å². The molecular weight excluding hydrogens is 335 g/mol. The van der Waals surface area contributed by atoms with E-state index in [9.17, 15) is 9.18 Å². The molecule has 1 aromatic carbocycles. The number of aromatic nitrogens is 3. The van der Waals surface area contributed by atoms with Crippen LogP contribution < -0.4 is 9.64 Å². The summed E-state index contributed by atoms with van der Waals surface area (Å²) in [7, 11) is 0. The normalized spacial score (nSPS) is 13.6. The van der Waals surface area contributed by atoms with Gasteiger partial charge >= 0.3 is 0 Å². The predicted molar refractivity (Wildman–Crippen MR) is 93.6 cm³/mol. The quantitative estimate of drug-likeness (QED) is 0.724. The van der Waals surface area contributed by atoms with Crippen LogP contribution in [0, 0.1) is 12.7 Å². The largest absolute Gasteiger partial charge is 0.487 e. The first-order valence-corrected chi connectivity index (χ1v) is 8.29. The Kier molecular flexibility index (Phi) is 4.12. The van der Waals surface area contributed by atoms with Crippen molar-refractivity contribution >= 4 is 11.6 Å². The number of hydrogen-bond donors (Lipinski definition) is 0. The molecule has 4 rings (SSSR count). The summed E-state index contributed by atoms with van der Waals surface area (Å²) in [6.07, 6.45) is 3.41. The third kappa shape index (κ3) is 3.03. The molecule has 0 atom stereocenters. The molecule has 1 amide bonds. The Morgan fingerprint density at radius 3 is 2.77 bits per heavy atom. The van der Waals surface area contributed by atoms with Crippen molar-refractivity contribution in [2.24, 2.45) is 0 Å². The summed E-state index contributed by atoms with van der Waals surface area (Å²) in [6, 6.07) is 9.46. The lowest BCUT2D eigenvalue weighted by Crippen LogP contribution is -2.40. The van der Waals surface area contributed by atoms with Crippen molar-refractivity contribution in [1.82, 2.24) is 14.8 Å². The summed E-state index contributed by atoms with van der Waals surface area (Å²) >= 11 is 0. The molecule has 0 saturated heterocycles. The van der Waals surface area contributed by atoms with E-state index in [1.807, 2.05) is 6.92 Å². The topological polar surface area (TPSA) is 60.2 Å². The van der Waals surface area contributed by atoms with Gasteiger partial charge in [-0.1, -0.05) is 0 Å². The number of aryl methyl sites for hydroxylation is 1. The van der Waals surface area contributed by atoms with Crippen LogP contribution in [0.5, 0.6) is 5.75 Å². The van der Waals surface area contributed by atoms with Crippen LogP contribution in [0.25, 0.3) is 0 Å². The van der Waals surface area contributed by atoms with Crippen LogP contribution in [0.1, 0.15) is 21.7 Å². The van der Waals surface area contributed by atoms with Gasteiger partial charge in [0.1, 0.15) is 29.6 Å². The zero-order valence-electron chi connectivity index (χ0n) is 14.2. The van der Waals surface area contributed by atoms with Crippen LogP contribution in [-0.4, -0.2) is 27.2 Å². The summed E-state index contributed by atoms with van der Waals surface area (Å²) in [5.74, 6) is 0.265. The van der Waals surface area contributed by atoms with Gasteiger partial charge in [-0.25, -0.2) is 4.39 Å². The maximum absolute atomic E-state index is 13.1. The van der Waals surface area contributed by atoms with E-state index in [0.29, 0.717) is 30.2 Å². The van der Waals surface area contributed by atoms with Crippen molar-refractivity contribution in [3.8, 4) is 5.75 Å². The van der Waals surface area contributed by atoms with Gasteiger partial charge < -0.3 is 9.64 Å². The average Bonchev–Trinajstić information content (AvgIpc) is 3.06. The molecule has 132 valence electrons. The molecule has 3 aromatic rings. The fourth-order valence-corrected chi connectivity index (χ4v) is 2.96. The van der Waals surface area contributed by atoms with Gasteiger partial charge in [-0.2, -0.15) is 5.10 Å². The fraction of sp³-hybridized carbons (Fsp3) is 0.211. The Hall–Kier alpha value is -3.22. The van der Waals surface area contributed by atoms with E-state index in [1.165, 1.54) is 12.1 Å². The van der Waals surface area contributed by atoms with E-state index in [0.717, 1.165) is 11.3 Å². The molecule has 0 aliphatic carbocycles. The van der Waals surface area contributed by atoms with Gasteiger partial charge in [0.25, 0.3) is 5.91 Å². The first-order valence-electron chi connectivity index (χ1n) is 8.29. The number of carbonyl (C=O) groups excluding carboxylic acids is 1. The van der Waals surface area contributed by atoms with Gasteiger partial charge in [-0.15, -0.1) is 0 Å². The third-order valence-electron chi connectivity index (χ3n) is 4.31. The zero-order chi connectivity index (χ0) is 18.1. The monoisotopic (exact) mass is 352 g/mol. The molecule has 0 N–H and O–H groups in total. The Morgan fingerprint density at radius 2 is 2.00 bits per heavy atom. The maximum Gasteiger partial charge on any atom is 0.276 e. The molecule has 6 nitrogen and oxygen atoms in total. The Labute approximate surface area is 149 Å². The lowest BCUT2D eigenvalue weighted by Gasteiger charge is -2.27. The highest BCUT2D eigenvalue weighted by molar-refractivity contribution is 6.05. The number of nitrogens with zero attached hydrogens (tertiary/aromatic N) is 4. The summed E-state index contributed by atoms with van der Waals surface area (Å²) < 4.78 is 20.6. The van der Waals surface area contributed by atoms with Crippen LogP contribution in [0.3, 0.4) is 0 Å². The number of anilines is 1. The van der Waals surface area contributed by atoms with Gasteiger partial charge in [-0.05, 0) is 43.3 Å². The smallest absolute Gasteiger partial charge is 0.276 e. The fourth-order valence-electron chi connectivity index (χ4n) is 2.96. The van der Waals surface area contributed by atoms with Crippen molar-refractivity contribution < 1.29 is 13.9 Å². The SMILES string of the molecule is Cc1cnccc1OCc1cc2n(n1)CCN(c1ccc(F)cc1)C2=O. The molecule has 3 heterocycles. The number of benzene rings is 1. The molecular formula is C19H17FN4O2. The second-order valence-electron chi connectivity index (χ2n) is 6.11. The molecule has 0 radical (unpaired) electrons. The number of halogens is 1. The van der Waals surface area contributed by atoms with Crippen LogP contribution >= 0.6 is 0 Å². The lowest BCUT2D eigenvalue weighted by molar-refractivity contribution is 0.0962. The highest BCUT2D eigenvalue weighted by Gasteiger charge is 2.27. The molecule has 1 aliphatic heterocycles. The molecule has 0 saturated carbocycles. The van der Waals surface area contributed by atoms with E-state index in [4.69, 9.17) is 4.74 Å². The molecule has 2 aromatic heterocycles. The van der Waals surface area contributed by atoms with E-state index in [1.54, 1.807) is 46.2 Å². The van der Waals surface area contributed by atoms with Crippen molar-refractivity contribution in [2.45, 2.75) is 20.1 Å². The predicted octanol–water partition coefficient (Wildman–Crippen LogP) is 2.97. The number of amides is 1. The maximum atomic E-state index is 13.1. The van der Waals surface area contributed by atoms with E-state index in [2.05, 4.69) is 10.1 Å². The van der Waals surface area contributed by atoms with E-state index >= 15 is 0 Å². The third-order valence-corrected chi connectivity index (χ3v) is 4.31. The average molecular weight is 352 g/mol. The van der Waals surface area contributed by atoms with Gasteiger partial charge in [0.05, 0.1) is 6.54 Å². The standard InChI is InChI=1S/C19H17FN4O2/c1-13-11-21-7-6-18(13)26-12-15-10-17-19(25)23(8-9-24(17)22-15)16-4-2-14(20)3-5-16/h2-7,10-11H,8-9,12H2,1H3. The minimum atomic E-state index is -0.325. The van der Waals surface area contributed by atoms with E-state index < -0.39 is 0 Å². The minimum Gasteiger partial charge on any atom is -0.487 e.